The summed E-state index contributed by atoms with van der Waals surface area (Å²) >= 11 is 0. The Morgan fingerprint density at radius 1 is 0.364 bits per heavy atom. The van der Waals surface area contributed by atoms with Crippen LogP contribution in [0.25, 0.3) is 98.4 Å². The molecular formula is C52H36O2Si. The van der Waals surface area contributed by atoms with Gasteiger partial charge in [0.2, 0.25) is 0 Å². The summed E-state index contributed by atoms with van der Waals surface area (Å²) in [6.45, 7) is 9.71. The van der Waals surface area contributed by atoms with E-state index in [1.165, 1.54) is 98.0 Å². The summed E-state index contributed by atoms with van der Waals surface area (Å²) in [7, 11) is -1.82. The van der Waals surface area contributed by atoms with Crippen molar-refractivity contribution in [1.29, 1.82) is 0 Å². The van der Waals surface area contributed by atoms with Crippen LogP contribution < -0.4 is 14.7 Å². The molecule has 55 heavy (non-hydrogen) atoms. The van der Waals surface area contributed by atoms with Gasteiger partial charge in [0.25, 0.3) is 0 Å². The van der Waals surface area contributed by atoms with Crippen LogP contribution in [0.3, 0.4) is 0 Å². The van der Waals surface area contributed by atoms with Crippen LogP contribution in [-0.2, 0) is 0 Å². The zero-order valence-corrected chi connectivity index (χ0v) is 32.2. The quantitative estimate of drug-likeness (QED) is 0.134. The molecule has 0 fully saturated rings. The van der Waals surface area contributed by atoms with Crippen LogP contribution in [0, 0.1) is 6.92 Å². The van der Waals surface area contributed by atoms with Crippen molar-refractivity contribution in [2.24, 2.45) is 0 Å². The van der Waals surface area contributed by atoms with E-state index in [0.717, 1.165) is 34.1 Å². The minimum atomic E-state index is -1.82. The zero-order chi connectivity index (χ0) is 36.7. The number of rotatable bonds is 3. The zero-order valence-electron chi connectivity index (χ0n) is 31.2. The molecule has 0 spiro atoms. The van der Waals surface area contributed by atoms with Gasteiger partial charge in [-0.3, -0.25) is 0 Å². The van der Waals surface area contributed by atoms with Gasteiger partial charge in [-0.25, -0.2) is 0 Å². The van der Waals surface area contributed by atoms with Crippen LogP contribution in [0.15, 0.2) is 146 Å². The molecule has 10 aromatic rings. The first-order valence-electron chi connectivity index (χ1n) is 19.3. The van der Waals surface area contributed by atoms with Crippen LogP contribution in [0.5, 0.6) is 23.0 Å². The van der Waals surface area contributed by atoms with E-state index in [0.29, 0.717) is 0 Å². The summed E-state index contributed by atoms with van der Waals surface area (Å²) in [4.78, 5) is 0. The third kappa shape index (κ3) is 4.25. The molecule has 0 radical (unpaired) electrons. The average molecular weight is 721 g/mol. The first kappa shape index (κ1) is 31.0. The molecule has 0 saturated heterocycles. The van der Waals surface area contributed by atoms with Gasteiger partial charge < -0.3 is 9.47 Å². The molecule has 2 aliphatic heterocycles. The van der Waals surface area contributed by atoms with Gasteiger partial charge in [-0.1, -0.05) is 140 Å². The van der Waals surface area contributed by atoms with Crippen molar-refractivity contribution in [2.75, 3.05) is 0 Å². The summed E-state index contributed by atoms with van der Waals surface area (Å²) in [5, 5.41) is 14.3. The van der Waals surface area contributed by atoms with E-state index in [-0.39, 0.29) is 0 Å². The Morgan fingerprint density at radius 2 is 0.945 bits per heavy atom. The maximum Gasteiger partial charge on any atom is 0.135 e. The monoisotopic (exact) mass is 720 g/mol. The molecule has 10 aromatic carbocycles. The van der Waals surface area contributed by atoms with E-state index in [1.807, 2.05) is 6.07 Å². The van der Waals surface area contributed by atoms with Crippen LogP contribution in [-0.4, -0.2) is 8.07 Å². The standard InChI is InChI=1S/C52H36O2Si/c1-29-26-42(31-18-19-35-37-13-7-10-30-11-8-16-45(49(30)37)54-47(35)27-31)39-24-25-41-48(55(2,3)4)28-43(40-22-20-32(29)51(39)52(40)41)33-21-23-38-34-12-5-6-15-44(34)53-46-17-9-14-36(33)50(38)46/h5-28H,1-4H3. The lowest BCUT2D eigenvalue weighted by Gasteiger charge is -2.26. The van der Waals surface area contributed by atoms with E-state index >= 15 is 0 Å². The lowest BCUT2D eigenvalue weighted by atomic mass is 9.84. The van der Waals surface area contributed by atoms with E-state index < -0.39 is 8.07 Å². The summed E-state index contributed by atoms with van der Waals surface area (Å²) in [6.07, 6.45) is 0. The molecule has 2 aliphatic rings. The predicted octanol–water partition coefficient (Wildman–Crippen LogP) is 14.6. The number of hydrogen-bond acceptors (Lipinski definition) is 2. The molecule has 0 aromatic heterocycles. The molecule has 0 N–H and O–H groups in total. The Bertz CT molecular complexity index is 3310. The van der Waals surface area contributed by atoms with Gasteiger partial charge in [0.15, 0.2) is 0 Å². The van der Waals surface area contributed by atoms with Gasteiger partial charge in [-0.15, -0.1) is 0 Å². The Morgan fingerprint density at radius 3 is 1.80 bits per heavy atom. The SMILES string of the molecule is Cc1cc(-c2ccc3c(c2)Oc2cccc4cccc-3c24)c2ccc3c([Si](C)(C)C)cc(-c4ccc5c6c(cccc46)Oc4ccccc4-5)c4ccc1c2c43. The molecule has 0 bridgehead atoms. The van der Waals surface area contributed by atoms with Gasteiger partial charge in [0.1, 0.15) is 23.0 Å². The maximum absolute atomic E-state index is 6.66. The van der Waals surface area contributed by atoms with Crippen molar-refractivity contribution >= 4 is 67.1 Å². The highest BCUT2D eigenvalue weighted by Gasteiger charge is 2.28. The summed E-state index contributed by atoms with van der Waals surface area (Å²) < 4.78 is 13.2. The molecule has 2 heterocycles. The minimum absolute atomic E-state index is 0.907. The Hall–Kier alpha value is -6.42. The molecule has 0 unspecified atom stereocenters. The molecule has 12 rings (SSSR count). The van der Waals surface area contributed by atoms with Crippen molar-refractivity contribution < 1.29 is 9.47 Å². The van der Waals surface area contributed by atoms with Gasteiger partial charge in [-0.05, 0) is 119 Å². The number of hydrogen-bond donors (Lipinski definition) is 0. The highest BCUT2D eigenvalue weighted by atomic mass is 28.3. The molecule has 0 amide bonds. The maximum atomic E-state index is 6.66. The molecule has 3 heteroatoms. The highest BCUT2D eigenvalue weighted by Crippen LogP contribution is 2.52. The van der Waals surface area contributed by atoms with Crippen LogP contribution in [0.1, 0.15) is 5.56 Å². The Balaban J connectivity index is 1.13. The van der Waals surface area contributed by atoms with Crippen LogP contribution in [0.2, 0.25) is 19.6 Å². The van der Waals surface area contributed by atoms with Crippen molar-refractivity contribution in [3.05, 3.63) is 151 Å². The largest absolute Gasteiger partial charge is 0.456 e. The third-order valence-electron chi connectivity index (χ3n) is 12.3. The Labute approximate surface area is 320 Å². The highest BCUT2D eigenvalue weighted by molar-refractivity contribution is 6.90. The molecular weight excluding hydrogens is 685 g/mol. The predicted molar refractivity (Wildman–Crippen MR) is 235 cm³/mol. The fourth-order valence-electron chi connectivity index (χ4n) is 9.80. The fraction of sp³-hybridized carbons (Fsp3) is 0.0769. The molecule has 0 atom stereocenters. The van der Waals surface area contributed by atoms with Gasteiger partial charge in [0, 0.05) is 21.9 Å². The molecule has 2 nitrogen and oxygen atoms in total. The first-order valence-corrected chi connectivity index (χ1v) is 22.8. The number of ether oxygens (including phenoxy) is 2. The van der Waals surface area contributed by atoms with Crippen molar-refractivity contribution in [1.82, 2.24) is 0 Å². The smallest absolute Gasteiger partial charge is 0.135 e. The van der Waals surface area contributed by atoms with Crippen LogP contribution >= 0.6 is 0 Å². The second-order valence-corrected chi connectivity index (χ2v) is 21.5. The number of para-hydroxylation sites is 1. The van der Waals surface area contributed by atoms with Crippen molar-refractivity contribution in [3.63, 3.8) is 0 Å². The minimum Gasteiger partial charge on any atom is -0.456 e. The summed E-state index contributed by atoms with van der Waals surface area (Å²) in [6, 6.07) is 53.7. The molecule has 0 aliphatic carbocycles. The normalized spacial score (nSPS) is 13.0. The number of benzene rings is 10. The van der Waals surface area contributed by atoms with E-state index in [9.17, 15) is 0 Å². The second-order valence-electron chi connectivity index (χ2n) is 16.4. The van der Waals surface area contributed by atoms with Gasteiger partial charge in [0.05, 0.1) is 8.07 Å². The lowest BCUT2D eigenvalue weighted by molar-refractivity contribution is 0.487. The van der Waals surface area contributed by atoms with Crippen LogP contribution in [0.4, 0.5) is 0 Å². The Kier molecular flexibility index (Phi) is 6.11. The topological polar surface area (TPSA) is 18.5 Å². The van der Waals surface area contributed by atoms with Crippen molar-refractivity contribution in [2.45, 2.75) is 26.6 Å². The second kappa shape index (κ2) is 10.8. The molecule has 0 saturated carbocycles. The third-order valence-corrected chi connectivity index (χ3v) is 14.3. The van der Waals surface area contributed by atoms with Gasteiger partial charge in [-0.2, -0.15) is 0 Å². The van der Waals surface area contributed by atoms with Gasteiger partial charge >= 0.3 is 0 Å². The number of aryl methyl sites for hydroxylation is 1. The lowest BCUT2D eigenvalue weighted by Crippen LogP contribution is -2.38. The summed E-state index contributed by atoms with van der Waals surface area (Å²) in [5.41, 5.74) is 11.0. The average Bonchev–Trinajstić information content (AvgIpc) is 3.20. The first-order chi connectivity index (χ1) is 26.8. The number of fused-ring (bicyclic) bond motifs is 4. The molecule has 260 valence electrons. The van der Waals surface area contributed by atoms with E-state index in [2.05, 4.69) is 166 Å². The fourth-order valence-corrected chi connectivity index (χ4v) is 11.4. The van der Waals surface area contributed by atoms with E-state index in [1.54, 1.807) is 0 Å². The van der Waals surface area contributed by atoms with E-state index in [4.69, 9.17) is 9.47 Å². The van der Waals surface area contributed by atoms with Crippen molar-refractivity contribution in [3.8, 4) is 67.5 Å². The summed E-state index contributed by atoms with van der Waals surface area (Å²) in [5.74, 6) is 3.67.